The second-order valence-electron chi connectivity index (χ2n) is 5.21. The zero-order valence-electron chi connectivity index (χ0n) is 9.64. The zero-order valence-corrected chi connectivity index (χ0v) is 10.5. The Morgan fingerprint density at radius 2 is 2.06 bits per heavy atom. The lowest BCUT2D eigenvalue weighted by Gasteiger charge is -2.28. The van der Waals surface area contributed by atoms with Gasteiger partial charge in [0.15, 0.2) is 0 Å². The lowest BCUT2D eigenvalue weighted by molar-refractivity contribution is 0.180. The fourth-order valence-corrected chi connectivity index (χ4v) is 3.55. The van der Waals surface area contributed by atoms with Crippen LogP contribution in [0.3, 0.4) is 0 Å². The number of rotatable bonds is 4. The highest BCUT2D eigenvalue weighted by Crippen LogP contribution is 2.35. The van der Waals surface area contributed by atoms with Gasteiger partial charge in [0.25, 0.3) is 0 Å². The summed E-state index contributed by atoms with van der Waals surface area (Å²) in [6, 6.07) is 6.48. The van der Waals surface area contributed by atoms with Gasteiger partial charge in [-0.25, -0.2) is 0 Å². The predicted octanol–water partition coefficient (Wildman–Crippen LogP) is 2.59. The standard InChI is InChI=1S/C13H20N2S/c14-10-3-4-12(8-10)15(11-5-6-11)9-13-2-1-7-16-13/h1-2,7,10-12H,3-6,8-9,14H2. The van der Waals surface area contributed by atoms with Crippen molar-refractivity contribution in [1.82, 2.24) is 4.90 Å². The fraction of sp³-hybridized carbons (Fsp3) is 0.692. The molecule has 1 aromatic rings. The van der Waals surface area contributed by atoms with Crippen molar-refractivity contribution in [2.75, 3.05) is 0 Å². The number of nitrogens with two attached hydrogens (primary N) is 1. The molecule has 0 saturated heterocycles. The summed E-state index contributed by atoms with van der Waals surface area (Å²) in [4.78, 5) is 4.23. The summed E-state index contributed by atoms with van der Waals surface area (Å²) >= 11 is 1.88. The van der Waals surface area contributed by atoms with E-state index in [1.807, 2.05) is 11.3 Å². The monoisotopic (exact) mass is 236 g/mol. The van der Waals surface area contributed by atoms with Gasteiger partial charge in [-0.05, 0) is 43.6 Å². The van der Waals surface area contributed by atoms with Gasteiger partial charge in [0.05, 0.1) is 0 Å². The molecule has 2 fully saturated rings. The van der Waals surface area contributed by atoms with Crippen LogP contribution < -0.4 is 5.73 Å². The van der Waals surface area contributed by atoms with Crippen LogP contribution in [0, 0.1) is 0 Å². The summed E-state index contributed by atoms with van der Waals surface area (Å²) in [5.41, 5.74) is 6.03. The highest BCUT2D eigenvalue weighted by Gasteiger charge is 2.36. The maximum atomic E-state index is 6.03. The molecule has 2 atom stereocenters. The van der Waals surface area contributed by atoms with Gasteiger partial charge < -0.3 is 5.73 Å². The Labute approximate surface area is 101 Å². The molecule has 1 heterocycles. The molecule has 2 unspecified atom stereocenters. The molecule has 3 heteroatoms. The molecule has 2 saturated carbocycles. The van der Waals surface area contributed by atoms with E-state index in [9.17, 15) is 0 Å². The Kier molecular flexibility index (Phi) is 3.01. The molecule has 16 heavy (non-hydrogen) atoms. The molecular formula is C13H20N2S. The average molecular weight is 236 g/mol. The van der Waals surface area contributed by atoms with Gasteiger partial charge in [-0.1, -0.05) is 6.07 Å². The van der Waals surface area contributed by atoms with Crippen molar-refractivity contribution in [1.29, 1.82) is 0 Å². The lowest BCUT2D eigenvalue weighted by atomic mass is 10.2. The highest BCUT2D eigenvalue weighted by molar-refractivity contribution is 7.09. The first-order chi connectivity index (χ1) is 7.83. The van der Waals surface area contributed by atoms with Gasteiger partial charge in [-0.2, -0.15) is 0 Å². The van der Waals surface area contributed by atoms with E-state index >= 15 is 0 Å². The van der Waals surface area contributed by atoms with Crippen molar-refractivity contribution in [3.8, 4) is 0 Å². The minimum absolute atomic E-state index is 0.453. The predicted molar refractivity (Wildman–Crippen MR) is 68.5 cm³/mol. The van der Waals surface area contributed by atoms with Gasteiger partial charge in [0.2, 0.25) is 0 Å². The van der Waals surface area contributed by atoms with E-state index < -0.39 is 0 Å². The topological polar surface area (TPSA) is 29.3 Å². The van der Waals surface area contributed by atoms with Crippen LogP contribution in [0.4, 0.5) is 0 Å². The molecule has 2 nitrogen and oxygen atoms in total. The molecule has 2 aliphatic rings. The molecule has 0 aromatic carbocycles. The highest BCUT2D eigenvalue weighted by atomic mass is 32.1. The van der Waals surface area contributed by atoms with Crippen LogP contribution in [-0.2, 0) is 6.54 Å². The third-order valence-electron chi connectivity index (χ3n) is 3.85. The number of nitrogens with zero attached hydrogens (tertiary/aromatic N) is 1. The Morgan fingerprint density at radius 1 is 1.25 bits per heavy atom. The Hall–Kier alpha value is -0.380. The summed E-state index contributed by atoms with van der Waals surface area (Å²) in [5, 5.41) is 2.18. The number of hydrogen-bond donors (Lipinski definition) is 1. The zero-order chi connectivity index (χ0) is 11.0. The Bertz CT molecular complexity index is 332. The molecule has 3 rings (SSSR count). The Morgan fingerprint density at radius 3 is 2.62 bits per heavy atom. The minimum Gasteiger partial charge on any atom is -0.328 e. The molecule has 0 aliphatic heterocycles. The fourth-order valence-electron chi connectivity index (χ4n) is 2.84. The molecule has 0 bridgehead atoms. The maximum Gasteiger partial charge on any atom is 0.0333 e. The van der Waals surface area contributed by atoms with Crippen LogP contribution in [0.25, 0.3) is 0 Å². The van der Waals surface area contributed by atoms with E-state index in [1.165, 1.54) is 37.0 Å². The lowest BCUT2D eigenvalue weighted by Crippen LogP contribution is -2.35. The van der Waals surface area contributed by atoms with Crippen LogP contribution in [-0.4, -0.2) is 23.0 Å². The molecule has 88 valence electrons. The molecule has 1 aromatic heterocycles. The first-order valence-corrected chi connectivity index (χ1v) is 7.24. The van der Waals surface area contributed by atoms with Crippen molar-refractivity contribution >= 4 is 11.3 Å². The normalized spacial score (nSPS) is 30.1. The maximum absolute atomic E-state index is 6.03. The second kappa shape index (κ2) is 4.47. The van der Waals surface area contributed by atoms with E-state index in [0.717, 1.165) is 18.6 Å². The van der Waals surface area contributed by atoms with E-state index in [1.54, 1.807) is 0 Å². The molecule has 0 spiro atoms. The van der Waals surface area contributed by atoms with Crippen LogP contribution >= 0.6 is 11.3 Å². The van der Waals surface area contributed by atoms with Crippen molar-refractivity contribution in [2.24, 2.45) is 5.73 Å². The van der Waals surface area contributed by atoms with Gasteiger partial charge >= 0.3 is 0 Å². The van der Waals surface area contributed by atoms with E-state index in [0.29, 0.717) is 6.04 Å². The second-order valence-corrected chi connectivity index (χ2v) is 6.24. The number of hydrogen-bond acceptors (Lipinski definition) is 3. The van der Waals surface area contributed by atoms with Gasteiger partial charge in [0, 0.05) is 29.5 Å². The van der Waals surface area contributed by atoms with Crippen LogP contribution in [0.1, 0.15) is 37.0 Å². The molecule has 0 radical (unpaired) electrons. The summed E-state index contributed by atoms with van der Waals surface area (Å²) in [6.07, 6.45) is 6.54. The summed E-state index contributed by atoms with van der Waals surface area (Å²) in [5.74, 6) is 0. The SMILES string of the molecule is NC1CCC(N(Cc2cccs2)C2CC2)C1. The molecular weight excluding hydrogens is 216 g/mol. The van der Waals surface area contributed by atoms with E-state index in [4.69, 9.17) is 5.73 Å². The van der Waals surface area contributed by atoms with Crippen LogP contribution in [0.15, 0.2) is 17.5 Å². The van der Waals surface area contributed by atoms with E-state index in [-0.39, 0.29) is 0 Å². The summed E-state index contributed by atoms with van der Waals surface area (Å²) in [6.45, 7) is 1.15. The third-order valence-corrected chi connectivity index (χ3v) is 4.71. The van der Waals surface area contributed by atoms with Crippen molar-refractivity contribution in [2.45, 2.75) is 56.8 Å². The Balaban J connectivity index is 1.67. The summed E-state index contributed by atoms with van der Waals surface area (Å²) < 4.78 is 0. The van der Waals surface area contributed by atoms with Crippen LogP contribution in [0.5, 0.6) is 0 Å². The first kappa shape index (κ1) is 10.8. The molecule has 0 amide bonds. The number of thiophene rings is 1. The van der Waals surface area contributed by atoms with Crippen LogP contribution in [0.2, 0.25) is 0 Å². The smallest absolute Gasteiger partial charge is 0.0333 e. The van der Waals surface area contributed by atoms with E-state index in [2.05, 4.69) is 22.4 Å². The largest absolute Gasteiger partial charge is 0.328 e. The van der Waals surface area contributed by atoms with Gasteiger partial charge in [-0.15, -0.1) is 11.3 Å². The van der Waals surface area contributed by atoms with Crippen molar-refractivity contribution in [3.05, 3.63) is 22.4 Å². The summed E-state index contributed by atoms with van der Waals surface area (Å²) in [7, 11) is 0. The molecule has 2 N–H and O–H groups in total. The third kappa shape index (κ3) is 2.31. The quantitative estimate of drug-likeness (QED) is 0.870. The molecule has 2 aliphatic carbocycles. The average Bonchev–Trinajstić information content (AvgIpc) is 2.81. The van der Waals surface area contributed by atoms with Gasteiger partial charge in [-0.3, -0.25) is 4.90 Å². The first-order valence-electron chi connectivity index (χ1n) is 6.36. The van der Waals surface area contributed by atoms with Gasteiger partial charge in [0.1, 0.15) is 0 Å². The van der Waals surface area contributed by atoms with Crippen molar-refractivity contribution in [3.63, 3.8) is 0 Å². The van der Waals surface area contributed by atoms with Crippen molar-refractivity contribution < 1.29 is 0 Å². The minimum atomic E-state index is 0.453.